The van der Waals surface area contributed by atoms with Crippen molar-refractivity contribution < 1.29 is 14.3 Å². The number of nitriles is 1. The van der Waals surface area contributed by atoms with Gasteiger partial charge in [-0.3, -0.25) is 4.79 Å². The average molecular weight is 275 g/mol. The molecule has 1 saturated heterocycles. The van der Waals surface area contributed by atoms with Crippen molar-refractivity contribution >= 4 is 11.6 Å². The van der Waals surface area contributed by atoms with Gasteiger partial charge in [0, 0.05) is 6.54 Å². The molecule has 1 aliphatic heterocycles. The van der Waals surface area contributed by atoms with Crippen LogP contribution in [0.25, 0.3) is 0 Å². The lowest BCUT2D eigenvalue weighted by Crippen LogP contribution is -2.30. The number of hydrogen-bond acceptors (Lipinski definition) is 5. The van der Waals surface area contributed by atoms with Crippen molar-refractivity contribution in [1.29, 1.82) is 5.26 Å². The minimum absolute atomic E-state index is 0.0705. The van der Waals surface area contributed by atoms with E-state index in [2.05, 4.69) is 5.32 Å². The van der Waals surface area contributed by atoms with Gasteiger partial charge in [0.25, 0.3) is 5.91 Å². The van der Waals surface area contributed by atoms with Gasteiger partial charge in [-0.05, 0) is 25.0 Å². The third-order valence-electron chi connectivity index (χ3n) is 3.28. The fourth-order valence-electron chi connectivity index (χ4n) is 2.20. The third-order valence-corrected chi connectivity index (χ3v) is 3.28. The monoisotopic (exact) mass is 275 g/mol. The number of amides is 1. The van der Waals surface area contributed by atoms with Gasteiger partial charge in [0.1, 0.15) is 23.6 Å². The van der Waals surface area contributed by atoms with Crippen LogP contribution in [-0.2, 0) is 9.53 Å². The summed E-state index contributed by atoms with van der Waals surface area (Å²) in [4.78, 5) is 12.2. The van der Waals surface area contributed by atoms with E-state index in [9.17, 15) is 4.79 Å². The Bertz CT molecular complexity index is 539. The van der Waals surface area contributed by atoms with Crippen molar-refractivity contribution in [3.63, 3.8) is 0 Å². The molecule has 0 bridgehead atoms. The molecule has 3 N–H and O–H groups in total. The maximum Gasteiger partial charge on any atom is 0.253 e. The topological polar surface area (TPSA) is 97.4 Å². The Morgan fingerprint density at radius 2 is 2.40 bits per heavy atom. The van der Waals surface area contributed by atoms with Gasteiger partial charge in [0.05, 0.1) is 18.8 Å². The molecule has 1 aliphatic rings. The number of carbonyl (C=O) groups excluding carboxylic acids is 1. The van der Waals surface area contributed by atoms with Crippen LogP contribution in [0.4, 0.5) is 5.69 Å². The summed E-state index contributed by atoms with van der Waals surface area (Å²) in [5.74, 6) is 0.174. The van der Waals surface area contributed by atoms with E-state index >= 15 is 0 Å². The zero-order valence-electron chi connectivity index (χ0n) is 11.3. The predicted octanol–water partition coefficient (Wildman–Crippen LogP) is 1.01. The number of para-hydroxylation sites is 1. The highest BCUT2D eigenvalue weighted by atomic mass is 16.5. The molecule has 2 unspecified atom stereocenters. The summed E-state index contributed by atoms with van der Waals surface area (Å²) in [6, 6.07) is 7.04. The smallest absolute Gasteiger partial charge is 0.253 e. The summed E-state index contributed by atoms with van der Waals surface area (Å²) in [6.07, 6.45) is 0.801. The first-order chi connectivity index (χ1) is 9.69. The third kappa shape index (κ3) is 2.90. The molecule has 0 aromatic heterocycles. The van der Waals surface area contributed by atoms with E-state index in [1.165, 1.54) is 7.11 Å². The standard InChI is InChI=1S/C14H17N3O3/c1-19-11-4-2-3-9(7-15)13(11)17-14(18)12-6-5-10(8-16)20-12/h2-4,10,12H,5-6,8,16H2,1H3,(H,17,18). The van der Waals surface area contributed by atoms with Gasteiger partial charge in [0.15, 0.2) is 0 Å². The van der Waals surface area contributed by atoms with Crippen molar-refractivity contribution in [3.05, 3.63) is 23.8 Å². The average Bonchev–Trinajstić information content (AvgIpc) is 2.96. The number of rotatable bonds is 4. The van der Waals surface area contributed by atoms with Crippen LogP contribution in [0.2, 0.25) is 0 Å². The predicted molar refractivity (Wildman–Crippen MR) is 73.3 cm³/mol. The van der Waals surface area contributed by atoms with Crippen molar-refractivity contribution in [2.24, 2.45) is 5.73 Å². The van der Waals surface area contributed by atoms with E-state index < -0.39 is 6.10 Å². The van der Waals surface area contributed by atoms with Gasteiger partial charge in [-0.15, -0.1) is 0 Å². The molecule has 1 heterocycles. The Hall–Kier alpha value is -2.10. The second-order valence-corrected chi connectivity index (χ2v) is 4.54. The Balaban J connectivity index is 2.14. The lowest BCUT2D eigenvalue weighted by atomic mass is 10.1. The van der Waals surface area contributed by atoms with Crippen LogP contribution in [-0.4, -0.2) is 31.8 Å². The van der Waals surface area contributed by atoms with Gasteiger partial charge in [0.2, 0.25) is 0 Å². The Morgan fingerprint density at radius 1 is 1.60 bits per heavy atom. The highest BCUT2D eigenvalue weighted by molar-refractivity contribution is 5.97. The minimum Gasteiger partial charge on any atom is -0.495 e. The molecule has 1 fully saturated rings. The molecule has 0 aliphatic carbocycles. The number of ether oxygens (including phenoxy) is 2. The zero-order valence-corrected chi connectivity index (χ0v) is 11.3. The maximum absolute atomic E-state index is 12.2. The molecule has 0 spiro atoms. The highest BCUT2D eigenvalue weighted by Gasteiger charge is 2.30. The van der Waals surface area contributed by atoms with Gasteiger partial charge in [-0.25, -0.2) is 0 Å². The second-order valence-electron chi connectivity index (χ2n) is 4.54. The number of nitrogens with one attached hydrogen (secondary N) is 1. The fraction of sp³-hybridized carbons (Fsp3) is 0.429. The summed E-state index contributed by atoms with van der Waals surface area (Å²) in [7, 11) is 1.49. The fourth-order valence-corrected chi connectivity index (χ4v) is 2.20. The van der Waals surface area contributed by atoms with E-state index in [1.54, 1.807) is 18.2 Å². The lowest BCUT2D eigenvalue weighted by Gasteiger charge is -2.15. The molecule has 0 saturated carbocycles. The second kappa shape index (κ2) is 6.37. The summed E-state index contributed by atoms with van der Waals surface area (Å²) in [5, 5.41) is 11.8. The number of hydrogen-bond donors (Lipinski definition) is 2. The van der Waals surface area contributed by atoms with Gasteiger partial charge < -0.3 is 20.5 Å². The van der Waals surface area contributed by atoms with Crippen LogP contribution in [0.1, 0.15) is 18.4 Å². The van der Waals surface area contributed by atoms with Crippen LogP contribution < -0.4 is 15.8 Å². The number of nitrogens with zero attached hydrogens (tertiary/aromatic N) is 1. The molecule has 106 valence electrons. The number of anilines is 1. The minimum atomic E-state index is -0.528. The van der Waals surface area contributed by atoms with E-state index in [0.717, 1.165) is 6.42 Å². The van der Waals surface area contributed by atoms with Crippen molar-refractivity contribution in [3.8, 4) is 11.8 Å². The maximum atomic E-state index is 12.2. The Labute approximate surface area is 117 Å². The van der Waals surface area contributed by atoms with E-state index in [1.807, 2.05) is 6.07 Å². The summed E-state index contributed by atoms with van der Waals surface area (Å²) in [5.41, 5.74) is 6.25. The number of benzene rings is 1. The van der Waals surface area contributed by atoms with Crippen molar-refractivity contribution in [2.75, 3.05) is 19.0 Å². The SMILES string of the molecule is COc1cccc(C#N)c1NC(=O)C1CCC(CN)O1. The normalized spacial score (nSPS) is 21.2. The first-order valence-electron chi connectivity index (χ1n) is 6.43. The van der Waals surface area contributed by atoms with Gasteiger partial charge in [-0.1, -0.05) is 6.07 Å². The summed E-state index contributed by atoms with van der Waals surface area (Å²) < 4.78 is 10.7. The molecule has 6 heteroatoms. The van der Waals surface area contributed by atoms with Gasteiger partial charge >= 0.3 is 0 Å². The number of carbonyl (C=O) groups is 1. The van der Waals surface area contributed by atoms with E-state index in [-0.39, 0.29) is 12.0 Å². The molecule has 1 amide bonds. The lowest BCUT2D eigenvalue weighted by molar-refractivity contribution is -0.126. The van der Waals surface area contributed by atoms with Crippen LogP contribution in [0, 0.1) is 11.3 Å². The number of nitrogens with two attached hydrogens (primary N) is 1. The van der Waals surface area contributed by atoms with Crippen LogP contribution in [0.5, 0.6) is 5.75 Å². The molecule has 1 aromatic rings. The van der Waals surface area contributed by atoms with E-state index in [0.29, 0.717) is 30.0 Å². The molecule has 2 rings (SSSR count). The van der Waals surface area contributed by atoms with Crippen LogP contribution in [0.3, 0.4) is 0 Å². The van der Waals surface area contributed by atoms with Crippen molar-refractivity contribution in [2.45, 2.75) is 25.0 Å². The molecule has 0 radical (unpaired) electrons. The molecular weight excluding hydrogens is 258 g/mol. The molecular formula is C14H17N3O3. The summed E-state index contributed by atoms with van der Waals surface area (Å²) in [6.45, 7) is 0.405. The van der Waals surface area contributed by atoms with Gasteiger partial charge in [-0.2, -0.15) is 5.26 Å². The van der Waals surface area contributed by atoms with E-state index in [4.69, 9.17) is 20.5 Å². The van der Waals surface area contributed by atoms with Crippen LogP contribution in [0.15, 0.2) is 18.2 Å². The molecule has 2 atom stereocenters. The molecule has 6 nitrogen and oxygen atoms in total. The molecule has 20 heavy (non-hydrogen) atoms. The Morgan fingerprint density at radius 3 is 3.00 bits per heavy atom. The quantitative estimate of drug-likeness (QED) is 0.854. The molecule has 1 aromatic carbocycles. The first-order valence-corrected chi connectivity index (χ1v) is 6.43. The first kappa shape index (κ1) is 14.3. The zero-order chi connectivity index (χ0) is 14.5. The highest BCUT2D eigenvalue weighted by Crippen LogP contribution is 2.29. The number of methoxy groups -OCH3 is 1. The summed E-state index contributed by atoms with van der Waals surface area (Å²) >= 11 is 0. The van der Waals surface area contributed by atoms with Crippen LogP contribution >= 0.6 is 0 Å². The van der Waals surface area contributed by atoms with Crippen molar-refractivity contribution in [1.82, 2.24) is 0 Å². The Kier molecular flexibility index (Phi) is 4.56. The largest absolute Gasteiger partial charge is 0.495 e.